The Kier molecular flexibility index (Phi) is 8.82. The Hall–Kier alpha value is -0.366. The minimum atomic E-state index is -0.0288. The molecule has 2 aromatic rings. The quantitative estimate of drug-likeness (QED) is 0.603. The van der Waals surface area contributed by atoms with E-state index in [9.17, 15) is 5.11 Å². The zero-order chi connectivity index (χ0) is 17.5. The van der Waals surface area contributed by atoms with Gasteiger partial charge in [0.2, 0.25) is 0 Å². The molecule has 122 valence electrons. The molecule has 0 aliphatic heterocycles. The number of aryl methyl sites for hydroxylation is 1. The van der Waals surface area contributed by atoms with E-state index in [0.29, 0.717) is 14.3 Å². The zero-order valence-electron chi connectivity index (χ0n) is 14.0. The molecule has 0 radical (unpaired) electrons. The van der Waals surface area contributed by atoms with Crippen molar-refractivity contribution in [2.45, 2.75) is 39.8 Å². The van der Waals surface area contributed by atoms with Crippen molar-refractivity contribution in [2.75, 3.05) is 0 Å². The van der Waals surface area contributed by atoms with Crippen LogP contribution < -0.4 is 10.6 Å². The van der Waals surface area contributed by atoms with Gasteiger partial charge in [0, 0.05) is 5.30 Å². The van der Waals surface area contributed by atoms with Crippen LogP contribution in [0.1, 0.15) is 31.9 Å². The van der Waals surface area contributed by atoms with Crippen LogP contribution in [0.3, 0.4) is 0 Å². The summed E-state index contributed by atoms with van der Waals surface area (Å²) in [5.41, 5.74) is 2.49. The first kappa shape index (κ1) is 20.7. The van der Waals surface area contributed by atoms with Gasteiger partial charge in [0.1, 0.15) is 5.75 Å². The summed E-state index contributed by atoms with van der Waals surface area (Å²) in [6.07, 6.45) is 0. The standard InChI is InChI=1S/C18H23NOP.ClH.Ti/c1-13-8-7-9-14(12-19-18(2,3)4)17(13)21-16-11-6-5-10-15(16)20;;/h5-11,20-21H,12H2,1-4H3;1H;/q-1;;+2/p-1. The summed E-state index contributed by atoms with van der Waals surface area (Å²) in [7, 11) is 5.10. The summed E-state index contributed by atoms with van der Waals surface area (Å²) in [4.78, 5) is 0. The number of hydrogen-bond donors (Lipinski definition) is 1. The van der Waals surface area contributed by atoms with E-state index in [1.807, 2.05) is 18.2 Å². The van der Waals surface area contributed by atoms with Gasteiger partial charge in [-0.2, -0.15) is 0 Å². The van der Waals surface area contributed by atoms with Crippen molar-refractivity contribution in [2.24, 2.45) is 0 Å². The molecule has 2 aromatic carbocycles. The van der Waals surface area contributed by atoms with Crippen LogP contribution in [0.4, 0.5) is 0 Å². The molecule has 0 saturated carbocycles. The second-order valence-electron chi connectivity index (χ2n) is 6.24. The SMILES string of the molecule is Cc1cccc(C[N-]C(C)(C)C)c1Pc1ccccc1O.[Cl][Ti+]. The molecule has 0 saturated heterocycles. The number of phenolic OH excluding ortho intramolecular Hbond substituents is 1. The first-order chi connectivity index (χ1) is 10.9. The van der Waals surface area contributed by atoms with Crippen LogP contribution in [0, 0.1) is 6.92 Å². The van der Waals surface area contributed by atoms with Crippen molar-refractivity contribution in [1.82, 2.24) is 0 Å². The fraction of sp³-hybridized carbons (Fsp3) is 0.333. The van der Waals surface area contributed by atoms with E-state index < -0.39 is 0 Å². The van der Waals surface area contributed by atoms with E-state index in [0.717, 1.165) is 11.8 Å². The molecule has 1 unspecified atom stereocenters. The Morgan fingerprint density at radius 3 is 2.35 bits per heavy atom. The van der Waals surface area contributed by atoms with Gasteiger partial charge >= 0.3 is 28.7 Å². The van der Waals surface area contributed by atoms with E-state index in [1.54, 1.807) is 6.07 Å². The second-order valence-corrected chi connectivity index (χ2v) is 7.53. The van der Waals surface area contributed by atoms with Gasteiger partial charge < -0.3 is 10.4 Å². The van der Waals surface area contributed by atoms with Crippen molar-refractivity contribution in [3.63, 3.8) is 0 Å². The molecule has 0 aliphatic rings. The van der Waals surface area contributed by atoms with E-state index in [4.69, 9.17) is 5.32 Å². The van der Waals surface area contributed by atoms with E-state index in [1.165, 1.54) is 35.8 Å². The Morgan fingerprint density at radius 1 is 1.09 bits per heavy atom. The van der Waals surface area contributed by atoms with Crippen molar-refractivity contribution in [1.29, 1.82) is 0 Å². The molecule has 0 amide bonds. The molecule has 2 rings (SSSR count). The fourth-order valence-electron chi connectivity index (χ4n) is 2.08. The third-order valence-electron chi connectivity index (χ3n) is 3.25. The van der Waals surface area contributed by atoms with Crippen molar-refractivity contribution in [3.8, 4) is 5.75 Å². The summed E-state index contributed by atoms with van der Waals surface area (Å²) < 4.78 is 0. The van der Waals surface area contributed by atoms with Gasteiger partial charge in [-0.05, 0) is 23.9 Å². The summed E-state index contributed by atoms with van der Waals surface area (Å²) in [6.45, 7) is 9.21. The monoisotopic (exact) mass is 383 g/mol. The molecule has 23 heavy (non-hydrogen) atoms. The number of halogens is 1. The normalized spacial score (nSPS) is 11.3. The Morgan fingerprint density at radius 2 is 1.74 bits per heavy atom. The van der Waals surface area contributed by atoms with Gasteiger partial charge in [-0.25, -0.2) is 0 Å². The van der Waals surface area contributed by atoms with Gasteiger partial charge in [-0.3, -0.25) is 0 Å². The molecule has 0 aromatic heterocycles. The molecule has 2 nitrogen and oxygen atoms in total. The minimum absolute atomic E-state index is 0.0288. The predicted molar refractivity (Wildman–Crippen MR) is 99.5 cm³/mol. The van der Waals surface area contributed by atoms with Gasteiger partial charge in [0.15, 0.2) is 0 Å². The molecule has 5 heteroatoms. The number of aromatic hydroxyl groups is 1. The maximum atomic E-state index is 10.00. The Labute approximate surface area is 157 Å². The second kappa shape index (κ2) is 9.82. The topological polar surface area (TPSA) is 34.3 Å². The van der Waals surface area contributed by atoms with Gasteiger partial charge in [0.25, 0.3) is 0 Å². The molecule has 0 bridgehead atoms. The third kappa shape index (κ3) is 6.95. The van der Waals surface area contributed by atoms with Crippen LogP contribution in [0.15, 0.2) is 42.5 Å². The van der Waals surface area contributed by atoms with E-state index in [2.05, 4.69) is 55.2 Å². The summed E-state index contributed by atoms with van der Waals surface area (Å²) in [6, 6.07) is 13.9. The summed E-state index contributed by atoms with van der Waals surface area (Å²) in [5, 5.41) is 17.0. The molecule has 0 fully saturated rings. The molecule has 0 aliphatic carbocycles. The average Bonchev–Trinajstić information content (AvgIpc) is 2.51. The van der Waals surface area contributed by atoms with E-state index >= 15 is 0 Å². The van der Waals surface area contributed by atoms with Crippen LogP contribution in [-0.2, 0) is 25.9 Å². The summed E-state index contributed by atoms with van der Waals surface area (Å²) >= 11 is 1.47. The molecule has 0 heterocycles. The van der Waals surface area contributed by atoms with Crippen LogP contribution in [0.25, 0.3) is 5.32 Å². The summed E-state index contributed by atoms with van der Waals surface area (Å²) in [5.74, 6) is 0.373. The molecular weight excluding hydrogens is 360 g/mol. The van der Waals surface area contributed by atoms with E-state index in [-0.39, 0.29) is 5.54 Å². The molecular formula is C18H23ClNOPTi. The number of benzene rings is 2. The predicted octanol–water partition coefficient (Wildman–Crippen LogP) is 4.69. The first-order valence-corrected chi connectivity index (χ1v) is 10.5. The number of rotatable bonds is 4. The maximum absolute atomic E-state index is 10.00. The van der Waals surface area contributed by atoms with Gasteiger partial charge in [-0.15, -0.1) is 12.1 Å². The average molecular weight is 384 g/mol. The number of para-hydroxylation sites is 1. The van der Waals surface area contributed by atoms with Crippen molar-refractivity contribution < 1.29 is 24.5 Å². The van der Waals surface area contributed by atoms with Crippen LogP contribution in [-0.4, -0.2) is 10.6 Å². The van der Waals surface area contributed by atoms with Crippen LogP contribution >= 0.6 is 17.9 Å². The fourth-order valence-corrected chi connectivity index (χ4v) is 3.34. The number of phenols is 1. The van der Waals surface area contributed by atoms with Crippen LogP contribution in [0.5, 0.6) is 5.75 Å². The number of hydrogen-bond acceptors (Lipinski definition) is 1. The Bertz CT molecular complexity index is 629. The molecule has 1 N–H and O–H groups in total. The number of nitrogens with zero attached hydrogens (tertiary/aromatic N) is 1. The van der Waals surface area contributed by atoms with Crippen LogP contribution in [0.2, 0.25) is 0 Å². The van der Waals surface area contributed by atoms with Crippen molar-refractivity contribution in [3.05, 3.63) is 58.9 Å². The Balaban J connectivity index is 0.00000127. The molecule has 1 atom stereocenters. The van der Waals surface area contributed by atoms with Gasteiger partial charge in [-0.1, -0.05) is 71.3 Å². The van der Waals surface area contributed by atoms with Gasteiger partial charge in [0.05, 0.1) is 0 Å². The van der Waals surface area contributed by atoms with Crippen molar-refractivity contribution >= 4 is 28.5 Å². The molecule has 0 spiro atoms. The zero-order valence-corrected chi connectivity index (χ0v) is 17.3. The third-order valence-corrected chi connectivity index (χ3v) is 4.90. The first-order valence-electron chi connectivity index (χ1n) is 7.38.